The van der Waals surface area contributed by atoms with Crippen LogP contribution < -0.4 is 4.74 Å². The van der Waals surface area contributed by atoms with Crippen LogP contribution in [0.25, 0.3) is 10.8 Å². The standard InChI is InChI=1S/C17H15BrOS/c1-11-9-20-10-15(11)17(18)14-7-8-16(19-2)13-6-4-3-5-12(13)14/h3-10,17H,1-2H3. The molecule has 3 heteroatoms. The van der Waals surface area contributed by atoms with E-state index in [-0.39, 0.29) is 4.83 Å². The van der Waals surface area contributed by atoms with Crippen molar-refractivity contribution in [3.05, 3.63) is 63.8 Å². The molecule has 0 aliphatic rings. The minimum absolute atomic E-state index is 0.213. The summed E-state index contributed by atoms with van der Waals surface area (Å²) in [5.41, 5.74) is 3.95. The Bertz CT molecular complexity index is 748. The van der Waals surface area contributed by atoms with Crippen LogP contribution in [0.4, 0.5) is 0 Å². The predicted molar refractivity (Wildman–Crippen MR) is 90.3 cm³/mol. The van der Waals surface area contributed by atoms with Crippen LogP contribution in [0.2, 0.25) is 0 Å². The van der Waals surface area contributed by atoms with Crippen LogP contribution in [0.3, 0.4) is 0 Å². The predicted octanol–water partition coefficient (Wildman–Crippen LogP) is 5.70. The molecule has 1 atom stereocenters. The number of ether oxygens (including phenoxy) is 1. The third-order valence-electron chi connectivity index (χ3n) is 3.58. The maximum atomic E-state index is 5.46. The first kappa shape index (κ1) is 13.7. The normalized spacial score (nSPS) is 12.6. The Morgan fingerprint density at radius 1 is 1.00 bits per heavy atom. The van der Waals surface area contributed by atoms with Gasteiger partial charge in [0.25, 0.3) is 0 Å². The highest BCUT2D eigenvalue weighted by atomic mass is 79.9. The number of methoxy groups -OCH3 is 1. The molecule has 0 saturated carbocycles. The van der Waals surface area contributed by atoms with Gasteiger partial charge >= 0.3 is 0 Å². The summed E-state index contributed by atoms with van der Waals surface area (Å²) in [4.78, 5) is 0.213. The molecule has 0 N–H and O–H groups in total. The second-order valence-electron chi connectivity index (χ2n) is 4.78. The monoisotopic (exact) mass is 346 g/mol. The van der Waals surface area contributed by atoms with Gasteiger partial charge in [-0.15, -0.1) is 0 Å². The zero-order chi connectivity index (χ0) is 14.1. The Balaban J connectivity index is 2.20. The molecule has 1 nitrogen and oxygen atoms in total. The summed E-state index contributed by atoms with van der Waals surface area (Å²) in [5.74, 6) is 0.922. The highest BCUT2D eigenvalue weighted by Crippen LogP contribution is 2.40. The molecule has 0 fully saturated rings. The highest BCUT2D eigenvalue weighted by molar-refractivity contribution is 9.09. The lowest BCUT2D eigenvalue weighted by Crippen LogP contribution is -1.96. The molecule has 2 aromatic carbocycles. The van der Waals surface area contributed by atoms with Crippen LogP contribution in [0.5, 0.6) is 5.75 Å². The Morgan fingerprint density at radius 2 is 1.75 bits per heavy atom. The third-order valence-corrected chi connectivity index (χ3v) is 5.45. The maximum Gasteiger partial charge on any atom is 0.126 e. The van der Waals surface area contributed by atoms with Crippen molar-refractivity contribution in [2.75, 3.05) is 7.11 Å². The molecule has 1 heterocycles. The molecule has 0 bridgehead atoms. The van der Waals surface area contributed by atoms with Gasteiger partial charge in [0.05, 0.1) is 11.9 Å². The fourth-order valence-electron chi connectivity index (χ4n) is 2.49. The molecule has 1 unspecified atom stereocenters. The molecule has 0 saturated heterocycles. The second kappa shape index (κ2) is 5.58. The lowest BCUT2D eigenvalue weighted by atomic mass is 9.97. The molecule has 0 aliphatic heterocycles. The summed E-state index contributed by atoms with van der Waals surface area (Å²) in [7, 11) is 1.72. The summed E-state index contributed by atoms with van der Waals surface area (Å²) < 4.78 is 5.46. The third kappa shape index (κ3) is 2.25. The molecule has 0 amide bonds. The van der Waals surface area contributed by atoms with E-state index in [1.54, 1.807) is 18.4 Å². The molecule has 3 rings (SSSR count). The zero-order valence-electron chi connectivity index (χ0n) is 11.4. The van der Waals surface area contributed by atoms with E-state index in [2.05, 4.69) is 57.9 Å². The van der Waals surface area contributed by atoms with Crippen LogP contribution >= 0.6 is 27.3 Å². The number of rotatable bonds is 3. The molecule has 1 aromatic heterocycles. The number of thiophene rings is 1. The molecular weight excluding hydrogens is 332 g/mol. The average Bonchev–Trinajstić information content (AvgIpc) is 2.91. The summed E-state index contributed by atoms with van der Waals surface area (Å²) in [6, 6.07) is 12.6. The van der Waals surface area contributed by atoms with Crippen molar-refractivity contribution >= 4 is 38.0 Å². The van der Waals surface area contributed by atoms with Crippen LogP contribution in [0, 0.1) is 6.92 Å². The van der Waals surface area contributed by atoms with Gasteiger partial charge in [-0.05, 0) is 45.8 Å². The number of aryl methyl sites for hydroxylation is 1. The first-order valence-electron chi connectivity index (χ1n) is 6.44. The van der Waals surface area contributed by atoms with Crippen molar-refractivity contribution in [1.29, 1.82) is 0 Å². The van der Waals surface area contributed by atoms with Crippen LogP contribution in [0.15, 0.2) is 47.2 Å². The number of benzene rings is 2. The van der Waals surface area contributed by atoms with E-state index in [4.69, 9.17) is 4.74 Å². The smallest absolute Gasteiger partial charge is 0.126 e. The molecule has 0 spiro atoms. The first-order chi connectivity index (χ1) is 9.72. The van der Waals surface area contributed by atoms with Gasteiger partial charge in [0.15, 0.2) is 0 Å². The summed E-state index contributed by atoms with van der Waals surface area (Å²) >= 11 is 5.61. The van der Waals surface area contributed by atoms with Crippen molar-refractivity contribution < 1.29 is 4.74 Å². The van der Waals surface area contributed by atoms with E-state index < -0.39 is 0 Å². The molecule has 0 aliphatic carbocycles. The number of alkyl halides is 1. The number of hydrogen-bond acceptors (Lipinski definition) is 2. The van der Waals surface area contributed by atoms with Gasteiger partial charge in [-0.3, -0.25) is 0 Å². The van der Waals surface area contributed by atoms with E-state index in [1.165, 1.54) is 22.1 Å². The topological polar surface area (TPSA) is 9.23 Å². The highest BCUT2D eigenvalue weighted by Gasteiger charge is 2.17. The lowest BCUT2D eigenvalue weighted by molar-refractivity contribution is 0.419. The lowest BCUT2D eigenvalue weighted by Gasteiger charge is -2.15. The van der Waals surface area contributed by atoms with Crippen molar-refractivity contribution in [3.8, 4) is 5.75 Å². The minimum atomic E-state index is 0.213. The van der Waals surface area contributed by atoms with E-state index >= 15 is 0 Å². The molecule has 20 heavy (non-hydrogen) atoms. The molecular formula is C17H15BrOS. The van der Waals surface area contributed by atoms with Gasteiger partial charge in [-0.1, -0.05) is 46.3 Å². The quantitative estimate of drug-likeness (QED) is 0.552. The second-order valence-corrected chi connectivity index (χ2v) is 6.43. The van der Waals surface area contributed by atoms with Crippen molar-refractivity contribution in [3.63, 3.8) is 0 Å². The van der Waals surface area contributed by atoms with Crippen LogP contribution in [-0.4, -0.2) is 7.11 Å². The number of halogens is 1. The maximum absolute atomic E-state index is 5.46. The molecule has 3 aromatic rings. The number of hydrogen-bond donors (Lipinski definition) is 0. The van der Waals surface area contributed by atoms with Gasteiger partial charge in [0.2, 0.25) is 0 Å². The Hall–Kier alpha value is -1.32. The fourth-order valence-corrected chi connectivity index (χ4v) is 4.44. The largest absolute Gasteiger partial charge is 0.496 e. The van der Waals surface area contributed by atoms with Crippen LogP contribution in [-0.2, 0) is 0 Å². The van der Waals surface area contributed by atoms with E-state index in [0.29, 0.717) is 0 Å². The summed E-state index contributed by atoms with van der Waals surface area (Å²) in [5, 5.41) is 6.80. The summed E-state index contributed by atoms with van der Waals surface area (Å²) in [6.07, 6.45) is 0. The Labute approximate surface area is 131 Å². The summed E-state index contributed by atoms with van der Waals surface area (Å²) in [6.45, 7) is 2.16. The van der Waals surface area contributed by atoms with Gasteiger partial charge in [0.1, 0.15) is 5.75 Å². The van der Waals surface area contributed by atoms with Crippen LogP contribution in [0.1, 0.15) is 21.5 Å². The van der Waals surface area contributed by atoms with E-state index in [9.17, 15) is 0 Å². The van der Waals surface area contributed by atoms with Gasteiger partial charge < -0.3 is 4.74 Å². The van der Waals surface area contributed by atoms with Crippen molar-refractivity contribution in [2.45, 2.75) is 11.8 Å². The van der Waals surface area contributed by atoms with E-state index in [0.717, 1.165) is 11.1 Å². The van der Waals surface area contributed by atoms with Gasteiger partial charge in [-0.25, -0.2) is 0 Å². The fraction of sp³-hybridized carbons (Fsp3) is 0.176. The average molecular weight is 347 g/mol. The Morgan fingerprint density at radius 3 is 2.40 bits per heavy atom. The van der Waals surface area contributed by atoms with Crippen molar-refractivity contribution in [1.82, 2.24) is 0 Å². The molecule has 0 radical (unpaired) electrons. The SMILES string of the molecule is COc1ccc(C(Br)c2cscc2C)c2ccccc12. The first-order valence-corrected chi connectivity index (χ1v) is 8.30. The van der Waals surface area contributed by atoms with E-state index in [1.807, 2.05) is 12.1 Å². The van der Waals surface area contributed by atoms with Gasteiger partial charge in [-0.2, -0.15) is 11.3 Å². The Kier molecular flexibility index (Phi) is 3.81. The van der Waals surface area contributed by atoms with Crippen molar-refractivity contribution in [2.24, 2.45) is 0 Å². The minimum Gasteiger partial charge on any atom is -0.496 e. The zero-order valence-corrected chi connectivity index (χ0v) is 13.8. The van der Waals surface area contributed by atoms with Gasteiger partial charge in [0, 0.05) is 5.39 Å². The molecule has 102 valence electrons. The number of fused-ring (bicyclic) bond motifs is 1.